The van der Waals surface area contributed by atoms with Gasteiger partial charge in [-0.15, -0.1) is 0 Å². The predicted octanol–water partition coefficient (Wildman–Crippen LogP) is 2.15. The van der Waals surface area contributed by atoms with Crippen molar-refractivity contribution >= 4 is 11.6 Å². The molecule has 2 rings (SSSR count). The number of amides is 1. The van der Waals surface area contributed by atoms with E-state index in [9.17, 15) is 4.79 Å². The highest BCUT2D eigenvalue weighted by Gasteiger charge is 2.16. The maximum atomic E-state index is 12.3. The van der Waals surface area contributed by atoms with E-state index in [-0.39, 0.29) is 5.91 Å². The molecule has 1 saturated heterocycles. The van der Waals surface area contributed by atoms with Crippen LogP contribution in [0.3, 0.4) is 0 Å². The van der Waals surface area contributed by atoms with E-state index in [0.717, 1.165) is 31.7 Å². The van der Waals surface area contributed by atoms with Crippen molar-refractivity contribution in [3.8, 4) is 0 Å². The molecule has 0 spiro atoms. The highest BCUT2D eigenvalue weighted by Crippen LogP contribution is 2.16. The minimum atomic E-state index is -0.00868. The van der Waals surface area contributed by atoms with Gasteiger partial charge in [0.25, 0.3) is 5.91 Å². The van der Waals surface area contributed by atoms with Crippen molar-refractivity contribution in [2.45, 2.75) is 32.7 Å². The smallest absolute Gasteiger partial charge is 0.272 e. The van der Waals surface area contributed by atoms with Gasteiger partial charge in [0.15, 0.2) is 0 Å². The molecule has 1 N–H and O–H groups in total. The molecule has 1 aliphatic heterocycles. The molecular weight excluding hydrogens is 254 g/mol. The van der Waals surface area contributed by atoms with Crippen LogP contribution in [-0.4, -0.2) is 48.1 Å². The lowest BCUT2D eigenvalue weighted by Crippen LogP contribution is -2.31. The number of carbonyl (C=O) groups is 1. The molecule has 1 amide bonds. The topological polar surface area (TPSA) is 54.5 Å². The lowest BCUT2D eigenvalue weighted by molar-refractivity contribution is 0.0767. The van der Waals surface area contributed by atoms with Gasteiger partial charge in [-0.1, -0.05) is 0 Å². The van der Waals surface area contributed by atoms with Gasteiger partial charge in [0.2, 0.25) is 0 Å². The number of nitrogens with one attached hydrogen (secondary N) is 1. The molecule has 5 nitrogen and oxygen atoms in total. The van der Waals surface area contributed by atoms with Crippen LogP contribution in [0, 0.1) is 0 Å². The van der Waals surface area contributed by atoms with Gasteiger partial charge in [-0.2, -0.15) is 0 Å². The average Bonchev–Trinajstić information content (AvgIpc) is 2.49. The number of aromatic nitrogens is 1. The number of hydrogen-bond acceptors (Lipinski definition) is 4. The Hall–Kier alpha value is -1.62. The molecule has 0 radical (unpaired) electrons. The van der Waals surface area contributed by atoms with Gasteiger partial charge < -0.3 is 15.0 Å². The normalized spacial score (nSPS) is 15.9. The monoisotopic (exact) mass is 277 g/mol. The van der Waals surface area contributed by atoms with Crippen LogP contribution in [0.4, 0.5) is 5.69 Å². The molecule has 1 aliphatic rings. The Balaban J connectivity index is 2.05. The van der Waals surface area contributed by atoms with Crippen molar-refractivity contribution in [3.63, 3.8) is 0 Å². The van der Waals surface area contributed by atoms with Crippen LogP contribution in [0.15, 0.2) is 18.3 Å². The Morgan fingerprint density at radius 2 is 2.10 bits per heavy atom. The summed E-state index contributed by atoms with van der Waals surface area (Å²) < 4.78 is 5.35. The Kier molecular flexibility index (Phi) is 5.35. The molecule has 2 heterocycles. The number of pyridine rings is 1. The summed E-state index contributed by atoms with van der Waals surface area (Å²) in [5, 5.41) is 3.46. The number of rotatable bonds is 5. The highest BCUT2D eigenvalue weighted by molar-refractivity contribution is 5.93. The second-order valence-electron chi connectivity index (χ2n) is 4.94. The van der Waals surface area contributed by atoms with E-state index in [1.165, 1.54) is 0 Å². The Morgan fingerprint density at radius 3 is 2.75 bits per heavy atom. The molecule has 110 valence electrons. The summed E-state index contributed by atoms with van der Waals surface area (Å²) >= 11 is 0. The summed E-state index contributed by atoms with van der Waals surface area (Å²) in [7, 11) is 0. The van der Waals surface area contributed by atoms with E-state index in [1.807, 2.05) is 26.0 Å². The summed E-state index contributed by atoms with van der Waals surface area (Å²) in [5.41, 5.74) is 1.47. The van der Waals surface area contributed by atoms with Gasteiger partial charge in [0.1, 0.15) is 5.69 Å². The highest BCUT2D eigenvalue weighted by atomic mass is 16.5. The molecule has 1 aromatic heterocycles. The zero-order valence-electron chi connectivity index (χ0n) is 12.3. The molecule has 0 atom stereocenters. The minimum absolute atomic E-state index is 0.00868. The van der Waals surface area contributed by atoms with E-state index in [4.69, 9.17) is 4.74 Å². The third-order valence-electron chi connectivity index (χ3n) is 3.62. The number of carbonyl (C=O) groups excluding carboxylic acids is 1. The summed E-state index contributed by atoms with van der Waals surface area (Å²) in [5.74, 6) is -0.00868. The SMILES string of the molecule is CCN(CC)C(=O)c1cc(NC2CCOCC2)ccn1. The van der Waals surface area contributed by atoms with Gasteiger partial charge in [-0.25, -0.2) is 0 Å². The van der Waals surface area contributed by atoms with Crippen LogP contribution in [-0.2, 0) is 4.74 Å². The maximum Gasteiger partial charge on any atom is 0.272 e. The lowest BCUT2D eigenvalue weighted by Gasteiger charge is -2.24. The first-order chi connectivity index (χ1) is 9.74. The quantitative estimate of drug-likeness (QED) is 0.896. The van der Waals surface area contributed by atoms with Crippen LogP contribution in [0.25, 0.3) is 0 Å². The van der Waals surface area contributed by atoms with Crippen molar-refractivity contribution in [2.24, 2.45) is 0 Å². The van der Waals surface area contributed by atoms with Gasteiger partial charge in [0.05, 0.1) is 0 Å². The van der Waals surface area contributed by atoms with Crippen molar-refractivity contribution in [1.82, 2.24) is 9.88 Å². The number of anilines is 1. The molecule has 0 unspecified atom stereocenters. The van der Waals surface area contributed by atoms with Crippen molar-refractivity contribution in [2.75, 3.05) is 31.6 Å². The first-order valence-electron chi connectivity index (χ1n) is 7.34. The third-order valence-corrected chi connectivity index (χ3v) is 3.62. The van der Waals surface area contributed by atoms with Crippen molar-refractivity contribution in [1.29, 1.82) is 0 Å². The van der Waals surface area contributed by atoms with Crippen LogP contribution in [0.1, 0.15) is 37.2 Å². The van der Waals surface area contributed by atoms with E-state index >= 15 is 0 Å². The maximum absolute atomic E-state index is 12.3. The molecule has 5 heteroatoms. The Bertz CT molecular complexity index is 440. The molecule has 20 heavy (non-hydrogen) atoms. The lowest BCUT2D eigenvalue weighted by atomic mass is 10.1. The summed E-state index contributed by atoms with van der Waals surface area (Å²) in [6.07, 6.45) is 3.70. The van der Waals surface area contributed by atoms with E-state index in [2.05, 4.69) is 10.3 Å². The largest absolute Gasteiger partial charge is 0.382 e. The molecule has 0 aliphatic carbocycles. The van der Waals surface area contributed by atoms with Crippen LogP contribution in [0.2, 0.25) is 0 Å². The van der Waals surface area contributed by atoms with Gasteiger partial charge >= 0.3 is 0 Å². The predicted molar refractivity (Wildman–Crippen MR) is 79.0 cm³/mol. The van der Waals surface area contributed by atoms with Gasteiger partial charge in [-0.05, 0) is 38.8 Å². The van der Waals surface area contributed by atoms with Crippen LogP contribution >= 0.6 is 0 Å². The van der Waals surface area contributed by atoms with Crippen LogP contribution < -0.4 is 5.32 Å². The molecule has 0 aromatic carbocycles. The standard InChI is InChI=1S/C15H23N3O2/c1-3-18(4-2)15(19)14-11-13(5-8-16-14)17-12-6-9-20-10-7-12/h5,8,11-12H,3-4,6-7,9-10H2,1-2H3,(H,16,17). The van der Waals surface area contributed by atoms with E-state index < -0.39 is 0 Å². The molecule has 0 saturated carbocycles. The average molecular weight is 277 g/mol. The first-order valence-corrected chi connectivity index (χ1v) is 7.34. The summed E-state index contributed by atoms with van der Waals surface area (Å²) in [4.78, 5) is 18.2. The summed E-state index contributed by atoms with van der Waals surface area (Å²) in [6, 6.07) is 4.17. The Labute approximate surface area is 120 Å². The first kappa shape index (κ1) is 14.8. The Morgan fingerprint density at radius 1 is 1.40 bits per heavy atom. The second kappa shape index (κ2) is 7.24. The fraction of sp³-hybridized carbons (Fsp3) is 0.600. The summed E-state index contributed by atoms with van der Waals surface area (Å²) in [6.45, 7) is 6.96. The molecule has 1 fully saturated rings. The second-order valence-corrected chi connectivity index (χ2v) is 4.94. The third kappa shape index (κ3) is 3.70. The molecule has 1 aromatic rings. The van der Waals surface area contributed by atoms with E-state index in [1.54, 1.807) is 11.1 Å². The number of hydrogen-bond donors (Lipinski definition) is 1. The molecule has 0 bridgehead atoms. The van der Waals surface area contributed by atoms with Gasteiger partial charge in [-0.3, -0.25) is 9.78 Å². The van der Waals surface area contributed by atoms with Crippen molar-refractivity contribution < 1.29 is 9.53 Å². The van der Waals surface area contributed by atoms with Crippen molar-refractivity contribution in [3.05, 3.63) is 24.0 Å². The number of nitrogens with zero attached hydrogens (tertiary/aromatic N) is 2. The fourth-order valence-corrected chi connectivity index (χ4v) is 2.39. The number of ether oxygens (including phenoxy) is 1. The minimum Gasteiger partial charge on any atom is -0.382 e. The van der Waals surface area contributed by atoms with Gasteiger partial charge in [0, 0.05) is 44.2 Å². The van der Waals surface area contributed by atoms with E-state index in [0.29, 0.717) is 24.8 Å². The zero-order valence-corrected chi connectivity index (χ0v) is 12.3. The molecular formula is C15H23N3O2. The van der Waals surface area contributed by atoms with Crippen LogP contribution in [0.5, 0.6) is 0 Å². The zero-order chi connectivity index (χ0) is 14.4. The fourth-order valence-electron chi connectivity index (χ4n) is 2.39.